The number of rotatable bonds is 1. The normalized spacial score (nSPS) is 15.2. The van der Waals surface area contributed by atoms with E-state index >= 15 is 0 Å². The van der Waals surface area contributed by atoms with E-state index in [1.165, 1.54) is 6.08 Å². The zero-order valence-corrected chi connectivity index (χ0v) is 5.16. The van der Waals surface area contributed by atoms with Gasteiger partial charge < -0.3 is 10.8 Å². The molecule has 0 aromatic carbocycles. The van der Waals surface area contributed by atoms with Gasteiger partial charge in [0.05, 0.1) is 12.2 Å². The molecule has 3 nitrogen and oxygen atoms in total. The summed E-state index contributed by atoms with van der Waals surface area (Å²) in [5, 5.41) is 8.47. The smallest absolute Gasteiger partial charge is 0.396 e. The van der Waals surface area contributed by atoms with Gasteiger partial charge in [0.1, 0.15) is 6.08 Å². The Kier molecular flexibility index (Phi) is 1.52. The number of aliphatic carboxylic acids is 1. The Labute approximate surface area is 58.1 Å². The van der Waals surface area contributed by atoms with Crippen LogP contribution in [0.1, 0.15) is 0 Å². The molecule has 10 heavy (non-hydrogen) atoms. The van der Waals surface area contributed by atoms with Crippen molar-refractivity contribution in [2.45, 2.75) is 0 Å². The minimum Gasteiger partial charge on any atom is -0.467 e. The van der Waals surface area contributed by atoms with Crippen LogP contribution in [0.5, 0.6) is 0 Å². The zero-order valence-electron chi connectivity index (χ0n) is 5.16. The Hall–Kier alpha value is -1.60. The van der Waals surface area contributed by atoms with Gasteiger partial charge in [0, 0.05) is 6.08 Å². The highest BCUT2D eigenvalue weighted by Crippen LogP contribution is 2.07. The zero-order chi connectivity index (χ0) is 7.56. The summed E-state index contributed by atoms with van der Waals surface area (Å²) in [4.78, 5) is 10.3. The summed E-state index contributed by atoms with van der Waals surface area (Å²) in [5.74, 6) is -1.02. The minimum atomic E-state index is -1.02. The predicted molar refractivity (Wildman–Crippen MR) is 35.8 cm³/mol. The molecular formula is C7H6NO2+. The second kappa shape index (κ2) is 2.33. The molecule has 0 saturated carbocycles. The fourth-order valence-corrected chi connectivity index (χ4v) is 0.636. The first-order chi connectivity index (χ1) is 4.72. The first-order valence-corrected chi connectivity index (χ1v) is 2.71. The molecule has 0 amide bonds. The summed E-state index contributed by atoms with van der Waals surface area (Å²) in [6.45, 7) is 0. The molecule has 1 rings (SSSR count). The summed E-state index contributed by atoms with van der Waals surface area (Å²) in [7, 11) is 0. The molecule has 0 bridgehead atoms. The molecule has 50 valence electrons. The molecule has 0 spiro atoms. The van der Waals surface area contributed by atoms with E-state index in [2.05, 4.69) is 6.08 Å². The van der Waals surface area contributed by atoms with Crippen molar-refractivity contribution < 1.29 is 9.90 Å². The highest BCUT2D eigenvalue weighted by atomic mass is 16.4. The van der Waals surface area contributed by atoms with Crippen LogP contribution in [0.3, 0.4) is 0 Å². The van der Waals surface area contributed by atoms with Crippen LogP contribution in [0.25, 0.3) is 0 Å². The van der Waals surface area contributed by atoms with Gasteiger partial charge in [0.15, 0.2) is 5.57 Å². The number of carboxylic acid groups (broad SMARTS) is 1. The van der Waals surface area contributed by atoms with Crippen LogP contribution in [0.2, 0.25) is 0 Å². The maximum absolute atomic E-state index is 10.3. The molecule has 0 atom stereocenters. The molecule has 3 N–H and O–H groups in total. The molecule has 0 saturated heterocycles. The molecule has 0 aliphatic heterocycles. The topological polar surface area (TPSA) is 63.3 Å². The van der Waals surface area contributed by atoms with Crippen LogP contribution < -0.4 is 5.73 Å². The van der Waals surface area contributed by atoms with E-state index in [1.54, 1.807) is 12.2 Å². The molecule has 0 heterocycles. The molecule has 1 aliphatic rings. The van der Waals surface area contributed by atoms with Crippen LogP contribution in [0, 0.1) is 6.08 Å². The number of allylic oxidation sites excluding steroid dienone is 4. The van der Waals surface area contributed by atoms with Gasteiger partial charge in [-0.15, -0.1) is 0 Å². The van der Waals surface area contributed by atoms with Gasteiger partial charge in [-0.25, -0.2) is 4.79 Å². The maximum Gasteiger partial charge on any atom is 0.396 e. The lowest BCUT2D eigenvalue weighted by atomic mass is 10.1. The Morgan fingerprint density at radius 2 is 2.40 bits per heavy atom. The minimum absolute atomic E-state index is 0.0995. The van der Waals surface area contributed by atoms with Gasteiger partial charge in [-0.3, -0.25) is 0 Å². The van der Waals surface area contributed by atoms with Crippen LogP contribution in [0.15, 0.2) is 29.5 Å². The first kappa shape index (κ1) is 6.52. The van der Waals surface area contributed by atoms with Crippen molar-refractivity contribution in [3.05, 3.63) is 35.6 Å². The van der Waals surface area contributed by atoms with E-state index in [0.717, 1.165) is 0 Å². The van der Waals surface area contributed by atoms with Crippen molar-refractivity contribution in [2.24, 2.45) is 5.73 Å². The summed E-state index contributed by atoms with van der Waals surface area (Å²) in [6, 6.07) is 0. The second-order valence-electron chi connectivity index (χ2n) is 1.80. The lowest BCUT2D eigenvalue weighted by molar-refractivity contribution is -0.132. The average molecular weight is 136 g/mol. The Morgan fingerprint density at radius 3 is 2.80 bits per heavy atom. The van der Waals surface area contributed by atoms with Crippen LogP contribution in [-0.4, -0.2) is 11.1 Å². The van der Waals surface area contributed by atoms with E-state index in [1.807, 2.05) is 0 Å². The van der Waals surface area contributed by atoms with Crippen LogP contribution in [0.4, 0.5) is 0 Å². The molecule has 0 aromatic rings. The van der Waals surface area contributed by atoms with Crippen LogP contribution >= 0.6 is 0 Å². The van der Waals surface area contributed by atoms with Crippen molar-refractivity contribution in [3.63, 3.8) is 0 Å². The fourth-order valence-electron chi connectivity index (χ4n) is 0.636. The largest absolute Gasteiger partial charge is 0.467 e. The van der Waals surface area contributed by atoms with E-state index < -0.39 is 5.97 Å². The SMILES string of the molecule is NC1=[C+]C=CC=C1C(=O)O. The standard InChI is InChI=1S/C7H5NO2/c8-6-4-2-1-3-5(6)7(9)10/h1-3H,8H2/p+1. The third-order valence-corrected chi connectivity index (χ3v) is 1.12. The average Bonchev–Trinajstić information content (AvgIpc) is 1.88. The summed E-state index contributed by atoms with van der Waals surface area (Å²) in [6.07, 6.45) is 7.17. The first-order valence-electron chi connectivity index (χ1n) is 2.71. The third-order valence-electron chi connectivity index (χ3n) is 1.12. The summed E-state index contributed by atoms with van der Waals surface area (Å²) >= 11 is 0. The number of nitrogens with two attached hydrogens (primary N) is 1. The van der Waals surface area contributed by atoms with Crippen molar-refractivity contribution in [3.8, 4) is 0 Å². The molecule has 0 unspecified atom stereocenters. The van der Waals surface area contributed by atoms with Gasteiger partial charge in [-0.2, -0.15) is 0 Å². The van der Waals surface area contributed by atoms with E-state index in [4.69, 9.17) is 10.8 Å². The van der Waals surface area contributed by atoms with Gasteiger partial charge >= 0.3 is 5.97 Å². The van der Waals surface area contributed by atoms with E-state index in [0.29, 0.717) is 0 Å². The van der Waals surface area contributed by atoms with Crippen molar-refractivity contribution in [1.29, 1.82) is 0 Å². The molecular weight excluding hydrogens is 130 g/mol. The number of carboxylic acids is 1. The maximum atomic E-state index is 10.3. The van der Waals surface area contributed by atoms with Gasteiger partial charge in [0.25, 0.3) is 0 Å². The summed E-state index contributed by atoms with van der Waals surface area (Å²) < 4.78 is 0. The Bertz CT molecular complexity index is 248. The molecule has 0 fully saturated rings. The van der Waals surface area contributed by atoms with Gasteiger partial charge in [-0.05, 0) is 0 Å². The number of hydrogen-bond donors (Lipinski definition) is 2. The fraction of sp³-hybridized carbons (Fsp3) is 0. The molecule has 0 radical (unpaired) electrons. The number of carbonyl (C=O) groups is 1. The van der Waals surface area contributed by atoms with Crippen molar-refractivity contribution in [2.75, 3.05) is 0 Å². The van der Waals surface area contributed by atoms with E-state index in [9.17, 15) is 4.79 Å². The van der Waals surface area contributed by atoms with Gasteiger partial charge in [0.2, 0.25) is 5.70 Å². The molecule has 1 aliphatic carbocycles. The lowest BCUT2D eigenvalue weighted by Crippen LogP contribution is -2.11. The van der Waals surface area contributed by atoms with Crippen molar-refractivity contribution >= 4 is 5.97 Å². The number of hydrogen-bond acceptors (Lipinski definition) is 2. The highest BCUT2D eigenvalue weighted by Gasteiger charge is 2.19. The lowest BCUT2D eigenvalue weighted by Gasteiger charge is -1.91. The van der Waals surface area contributed by atoms with Crippen LogP contribution in [-0.2, 0) is 4.79 Å². The molecule has 0 aromatic heterocycles. The second-order valence-corrected chi connectivity index (χ2v) is 1.80. The predicted octanol–water partition coefficient (Wildman–Crippen LogP) is 0.213. The highest BCUT2D eigenvalue weighted by molar-refractivity contribution is 5.92. The Morgan fingerprint density at radius 1 is 1.70 bits per heavy atom. The van der Waals surface area contributed by atoms with E-state index in [-0.39, 0.29) is 11.3 Å². The third kappa shape index (κ3) is 1.04. The van der Waals surface area contributed by atoms with Crippen molar-refractivity contribution in [1.82, 2.24) is 0 Å². The monoisotopic (exact) mass is 136 g/mol. The quantitative estimate of drug-likeness (QED) is 0.506. The van der Waals surface area contributed by atoms with Gasteiger partial charge in [-0.1, -0.05) is 0 Å². The Balaban J connectivity index is 2.98. The summed E-state index contributed by atoms with van der Waals surface area (Å²) in [5.41, 5.74) is 5.56. The molecule has 3 heteroatoms.